The predicted octanol–water partition coefficient (Wildman–Crippen LogP) is 0.000700. The van der Waals surface area contributed by atoms with Crippen LogP contribution in [0.5, 0.6) is 0 Å². The van der Waals surface area contributed by atoms with Gasteiger partial charge in [-0.3, -0.25) is 4.79 Å². The zero-order chi connectivity index (χ0) is 12.5. The molecule has 0 aliphatic carbocycles. The molecule has 0 spiro atoms. The minimum Gasteiger partial charge on any atom is -0.377 e. The molecule has 0 aromatic rings. The molecule has 2 heterocycles. The SMILES string of the molecule is COC1CN(C(=O)C2(C)CCCN2)CC1OC. The largest absolute Gasteiger partial charge is 0.377 e. The summed E-state index contributed by atoms with van der Waals surface area (Å²) in [5, 5.41) is 3.30. The lowest BCUT2D eigenvalue weighted by atomic mass is 9.99. The second kappa shape index (κ2) is 4.92. The van der Waals surface area contributed by atoms with Gasteiger partial charge >= 0.3 is 0 Å². The number of methoxy groups -OCH3 is 2. The molecule has 3 unspecified atom stereocenters. The minimum atomic E-state index is -0.388. The van der Waals surface area contributed by atoms with Gasteiger partial charge in [-0.2, -0.15) is 0 Å². The van der Waals surface area contributed by atoms with E-state index in [-0.39, 0.29) is 23.7 Å². The first-order valence-electron chi connectivity index (χ1n) is 6.21. The van der Waals surface area contributed by atoms with E-state index in [1.54, 1.807) is 14.2 Å². The Morgan fingerprint density at radius 1 is 1.29 bits per heavy atom. The Hall–Kier alpha value is -0.650. The molecule has 0 aromatic carbocycles. The standard InChI is InChI=1S/C12H22N2O3/c1-12(5-4-6-13-12)11(15)14-7-9(16-2)10(8-14)17-3/h9-10,13H,4-8H2,1-3H3. The van der Waals surface area contributed by atoms with Crippen LogP contribution in [0.3, 0.4) is 0 Å². The quantitative estimate of drug-likeness (QED) is 0.757. The highest BCUT2D eigenvalue weighted by molar-refractivity contribution is 5.86. The average Bonchev–Trinajstić information content (AvgIpc) is 2.94. The highest BCUT2D eigenvalue weighted by Gasteiger charge is 2.44. The van der Waals surface area contributed by atoms with Gasteiger partial charge in [0.05, 0.1) is 5.54 Å². The molecule has 2 rings (SSSR count). The van der Waals surface area contributed by atoms with Crippen molar-refractivity contribution in [2.24, 2.45) is 0 Å². The summed E-state index contributed by atoms with van der Waals surface area (Å²) >= 11 is 0. The molecule has 2 saturated heterocycles. The van der Waals surface area contributed by atoms with E-state index in [2.05, 4.69) is 5.32 Å². The summed E-state index contributed by atoms with van der Waals surface area (Å²) in [4.78, 5) is 14.3. The summed E-state index contributed by atoms with van der Waals surface area (Å²) in [6.45, 7) is 4.18. The average molecular weight is 242 g/mol. The van der Waals surface area contributed by atoms with Gasteiger partial charge in [0.1, 0.15) is 12.2 Å². The Bertz CT molecular complexity index is 277. The highest BCUT2D eigenvalue weighted by Crippen LogP contribution is 2.25. The lowest BCUT2D eigenvalue weighted by Crippen LogP contribution is -2.52. The Morgan fingerprint density at radius 2 is 1.88 bits per heavy atom. The van der Waals surface area contributed by atoms with Crippen LogP contribution in [0.25, 0.3) is 0 Å². The van der Waals surface area contributed by atoms with Gasteiger partial charge in [-0.05, 0) is 26.3 Å². The van der Waals surface area contributed by atoms with Gasteiger partial charge in [-0.15, -0.1) is 0 Å². The van der Waals surface area contributed by atoms with E-state index >= 15 is 0 Å². The molecular formula is C12H22N2O3. The molecule has 2 aliphatic heterocycles. The number of amides is 1. The van der Waals surface area contributed by atoms with Gasteiger partial charge in [0, 0.05) is 27.3 Å². The van der Waals surface area contributed by atoms with Crippen LogP contribution in [-0.4, -0.2) is 62.4 Å². The summed E-state index contributed by atoms with van der Waals surface area (Å²) in [5.41, 5.74) is -0.388. The molecule has 2 aliphatic rings. The van der Waals surface area contributed by atoms with Crippen molar-refractivity contribution in [2.75, 3.05) is 33.9 Å². The first-order valence-corrected chi connectivity index (χ1v) is 6.21. The van der Waals surface area contributed by atoms with E-state index in [9.17, 15) is 4.79 Å². The van der Waals surface area contributed by atoms with E-state index in [0.29, 0.717) is 13.1 Å². The van der Waals surface area contributed by atoms with Crippen LogP contribution < -0.4 is 5.32 Å². The Balaban J connectivity index is 2.02. The maximum Gasteiger partial charge on any atom is 0.242 e. The van der Waals surface area contributed by atoms with Gasteiger partial charge in [0.2, 0.25) is 5.91 Å². The molecular weight excluding hydrogens is 220 g/mol. The third-order valence-corrected chi connectivity index (χ3v) is 3.95. The second-order valence-corrected chi connectivity index (χ2v) is 5.12. The summed E-state index contributed by atoms with van der Waals surface area (Å²) in [5.74, 6) is 0.177. The summed E-state index contributed by atoms with van der Waals surface area (Å²) < 4.78 is 10.7. The number of nitrogens with zero attached hydrogens (tertiary/aromatic N) is 1. The summed E-state index contributed by atoms with van der Waals surface area (Å²) in [6.07, 6.45) is 1.97. The molecule has 1 N–H and O–H groups in total. The molecule has 3 atom stereocenters. The number of likely N-dealkylation sites (tertiary alicyclic amines) is 1. The van der Waals surface area contributed by atoms with Crippen LogP contribution in [0.15, 0.2) is 0 Å². The first kappa shape index (κ1) is 12.8. The number of carbonyl (C=O) groups is 1. The number of nitrogens with one attached hydrogen (secondary N) is 1. The number of rotatable bonds is 3. The fourth-order valence-electron chi connectivity index (χ4n) is 2.79. The van der Waals surface area contributed by atoms with Crippen molar-refractivity contribution in [1.29, 1.82) is 0 Å². The molecule has 0 saturated carbocycles. The number of hydrogen-bond donors (Lipinski definition) is 1. The van der Waals surface area contributed by atoms with E-state index in [0.717, 1.165) is 19.4 Å². The molecule has 5 heteroatoms. The number of hydrogen-bond acceptors (Lipinski definition) is 4. The van der Waals surface area contributed by atoms with E-state index < -0.39 is 0 Å². The predicted molar refractivity (Wildman–Crippen MR) is 63.8 cm³/mol. The van der Waals surface area contributed by atoms with Crippen molar-refractivity contribution in [2.45, 2.75) is 37.5 Å². The minimum absolute atomic E-state index is 0.00560. The Kier molecular flexibility index (Phi) is 3.70. The van der Waals surface area contributed by atoms with Crippen LogP contribution in [0, 0.1) is 0 Å². The van der Waals surface area contributed by atoms with Gasteiger partial charge in [0.25, 0.3) is 0 Å². The van der Waals surface area contributed by atoms with Crippen LogP contribution in [0.4, 0.5) is 0 Å². The third kappa shape index (κ3) is 2.32. The molecule has 98 valence electrons. The molecule has 0 bridgehead atoms. The zero-order valence-corrected chi connectivity index (χ0v) is 10.9. The van der Waals surface area contributed by atoms with Crippen molar-refractivity contribution in [3.05, 3.63) is 0 Å². The maximum absolute atomic E-state index is 12.4. The number of ether oxygens (including phenoxy) is 2. The third-order valence-electron chi connectivity index (χ3n) is 3.95. The van der Waals surface area contributed by atoms with Crippen molar-refractivity contribution in [3.8, 4) is 0 Å². The van der Waals surface area contributed by atoms with Crippen molar-refractivity contribution < 1.29 is 14.3 Å². The van der Waals surface area contributed by atoms with Gasteiger partial charge in [-0.25, -0.2) is 0 Å². The number of carbonyl (C=O) groups excluding carboxylic acids is 1. The topological polar surface area (TPSA) is 50.8 Å². The van der Waals surface area contributed by atoms with Gasteiger partial charge in [0.15, 0.2) is 0 Å². The van der Waals surface area contributed by atoms with Crippen molar-refractivity contribution >= 4 is 5.91 Å². The van der Waals surface area contributed by atoms with Gasteiger partial charge in [-0.1, -0.05) is 0 Å². The summed E-state index contributed by atoms with van der Waals surface area (Å²) in [6, 6.07) is 0. The van der Waals surface area contributed by atoms with E-state index in [4.69, 9.17) is 9.47 Å². The van der Waals surface area contributed by atoms with Crippen LogP contribution in [-0.2, 0) is 14.3 Å². The summed E-state index contributed by atoms with van der Waals surface area (Å²) in [7, 11) is 3.33. The molecule has 2 fully saturated rings. The van der Waals surface area contributed by atoms with Crippen LogP contribution in [0.2, 0.25) is 0 Å². The second-order valence-electron chi connectivity index (χ2n) is 5.12. The highest BCUT2D eigenvalue weighted by atomic mass is 16.5. The normalized spacial score (nSPS) is 37.7. The molecule has 0 radical (unpaired) electrons. The van der Waals surface area contributed by atoms with E-state index in [1.807, 2.05) is 11.8 Å². The lowest BCUT2D eigenvalue weighted by Gasteiger charge is -2.28. The molecule has 1 amide bonds. The lowest BCUT2D eigenvalue weighted by molar-refractivity contribution is -0.136. The van der Waals surface area contributed by atoms with Gasteiger partial charge < -0.3 is 19.7 Å². The molecule has 0 aromatic heterocycles. The molecule has 5 nitrogen and oxygen atoms in total. The smallest absolute Gasteiger partial charge is 0.242 e. The fourth-order valence-corrected chi connectivity index (χ4v) is 2.79. The Morgan fingerprint density at radius 3 is 2.29 bits per heavy atom. The Labute approximate surface area is 102 Å². The zero-order valence-electron chi connectivity index (χ0n) is 10.9. The van der Waals surface area contributed by atoms with Crippen molar-refractivity contribution in [3.63, 3.8) is 0 Å². The maximum atomic E-state index is 12.4. The van der Waals surface area contributed by atoms with Crippen LogP contribution >= 0.6 is 0 Å². The molecule has 17 heavy (non-hydrogen) atoms. The van der Waals surface area contributed by atoms with E-state index in [1.165, 1.54) is 0 Å². The van der Waals surface area contributed by atoms with Crippen LogP contribution in [0.1, 0.15) is 19.8 Å². The monoisotopic (exact) mass is 242 g/mol. The van der Waals surface area contributed by atoms with Crippen molar-refractivity contribution in [1.82, 2.24) is 10.2 Å². The first-order chi connectivity index (χ1) is 8.10. The fraction of sp³-hybridized carbons (Fsp3) is 0.917.